The van der Waals surface area contributed by atoms with Crippen LogP contribution in [0.15, 0.2) is 48.5 Å². The minimum Gasteiger partial charge on any atom is -0.476 e. The Labute approximate surface area is 228 Å². The molecule has 2 aromatic carbocycles. The minimum absolute atomic E-state index is 0.149. The van der Waals surface area contributed by atoms with Crippen LogP contribution in [0.5, 0.6) is 0 Å². The summed E-state index contributed by atoms with van der Waals surface area (Å²) < 4.78 is 88.5. The molecule has 0 fully saturated rings. The van der Waals surface area contributed by atoms with Gasteiger partial charge in [-0.05, 0) is 23.3 Å². The third kappa shape index (κ3) is 4.07. The molecular formula is C29H31F6N3O2. The van der Waals surface area contributed by atoms with Crippen molar-refractivity contribution in [2.75, 3.05) is 5.43 Å². The van der Waals surface area contributed by atoms with E-state index < -0.39 is 62.4 Å². The monoisotopic (exact) mass is 567 g/mol. The molecule has 0 amide bonds. The Bertz CT molecular complexity index is 1420. The molecule has 0 saturated carbocycles. The number of carboxylic acids is 1. The number of nitrogens with one attached hydrogen (secondary N) is 1. The predicted molar refractivity (Wildman–Crippen MR) is 138 cm³/mol. The first-order valence-electron chi connectivity index (χ1n) is 12.6. The fourth-order valence-electron chi connectivity index (χ4n) is 5.78. The molecule has 0 unspecified atom stereocenters. The number of nitrogens with zero attached hydrogens (tertiary/aromatic N) is 2. The molecule has 2 N–H and O–H groups in total. The zero-order valence-corrected chi connectivity index (χ0v) is 23.1. The number of alkyl halides is 6. The highest BCUT2D eigenvalue weighted by molar-refractivity contribution is 5.88. The molecule has 40 heavy (non-hydrogen) atoms. The van der Waals surface area contributed by atoms with E-state index in [1.54, 1.807) is 48.5 Å². The molecule has 4 rings (SSSR count). The van der Waals surface area contributed by atoms with Gasteiger partial charge in [0.2, 0.25) is 0 Å². The molecule has 2 heterocycles. The Kier molecular flexibility index (Phi) is 6.45. The van der Waals surface area contributed by atoms with Crippen molar-refractivity contribution in [3.63, 3.8) is 0 Å². The lowest BCUT2D eigenvalue weighted by atomic mass is 9.51. The van der Waals surface area contributed by atoms with Gasteiger partial charge in [0, 0.05) is 16.2 Å². The number of fused-ring (bicyclic) bond motifs is 1. The van der Waals surface area contributed by atoms with Crippen molar-refractivity contribution in [2.24, 2.45) is 5.41 Å². The minimum atomic E-state index is -4.93. The molecule has 0 radical (unpaired) electrons. The molecule has 11 heteroatoms. The number of halogens is 6. The van der Waals surface area contributed by atoms with Crippen molar-refractivity contribution in [1.29, 1.82) is 0 Å². The molecule has 0 atom stereocenters. The second kappa shape index (κ2) is 8.75. The van der Waals surface area contributed by atoms with E-state index in [4.69, 9.17) is 0 Å². The number of benzene rings is 2. The number of rotatable bonds is 3. The van der Waals surface area contributed by atoms with Gasteiger partial charge in [0.25, 0.3) is 0 Å². The maximum absolute atomic E-state index is 14.6. The van der Waals surface area contributed by atoms with Crippen LogP contribution < -0.4 is 5.43 Å². The Hall–Kier alpha value is -3.50. The largest absolute Gasteiger partial charge is 0.476 e. The van der Waals surface area contributed by atoms with Crippen molar-refractivity contribution in [1.82, 2.24) is 9.66 Å². The van der Waals surface area contributed by atoms with Gasteiger partial charge in [0.1, 0.15) is 11.4 Å². The summed E-state index contributed by atoms with van der Waals surface area (Å²) in [5.41, 5.74) is -6.26. The van der Waals surface area contributed by atoms with Gasteiger partial charge >= 0.3 is 18.3 Å². The van der Waals surface area contributed by atoms with Gasteiger partial charge in [-0.25, -0.2) is 14.5 Å². The second-order valence-corrected chi connectivity index (χ2v) is 12.2. The lowest BCUT2D eigenvalue weighted by Crippen LogP contribution is -2.65. The van der Waals surface area contributed by atoms with Crippen molar-refractivity contribution >= 4 is 5.97 Å². The molecular weight excluding hydrogens is 536 g/mol. The number of aromatic nitrogens is 2. The summed E-state index contributed by atoms with van der Waals surface area (Å²) in [6.45, 7) is 11.7. The second-order valence-electron chi connectivity index (χ2n) is 12.2. The average Bonchev–Trinajstić information content (AvgIpc) is 3.22. The van der Waals surface area contributed by atoms with Gasteiger partial charge < -0.3 is 10.5 Å². The molecule has 1 aliphatic rings. The Morgan fingerprint density at radius 1 is 0.825 bits per heavy atom. The molecule has 1 aromatic heterocycles. The van der Waals surface area contributed by atoms with Crippen LogP contribution in [-0.2, 0) is 28.7 Å². The first-order valence-corrected chi connectivity index (χ1v) is 12.6. The molecule has 5 nitrogen and oxygen atoms in total. The summed E-state index contributed by atoms with van der Waals surface area (Å²) in [7, 11) is 0. The third-order valence-corrected chi connectivity index (χ3v) is 8.40. The maximum atomic E-state index is 14.6. The van der Waals surface area contributed by atoms with Crippen molar-refractivity contribution in [3.05, 3.63) is 88.0 Å². The van der Waals surface area contributed by atoms with Gasteiger partial charge in [-0.1, -0.05) is 84.9 Å². The SMILES string of the molecule is CC(C)(C)c1nc2n(c1C(=O)O)NC(c1ccccc1C(F)(F)F)(c1ccccc1C(F)(F)F)C(C)(C)C2(C)C. The van der Waals surface area contributed by atoms with Gasteiger partial charge in [0.15, 0.2) is 5.69 Å². The average molecular weight is 568 g/mol. The van der Waals surface area contributed by atoms with Crippen LogP contribution in [0.3, 0.4) is 0 Å². The van der Waals surface area contributed by atoms with Gasteiger partial charge in [-0.2, -0.15) is 26.3 Å². The maximum Gasteiger partial charge on any atom is 0.416 e. The summed E-state index contributed by atoms with van der Waals surface area (Å²) in [5, 5.41) is 10.3. The van der Waals surface area contributed by atoms with Crippen LogP contribution in [0, 0.1) is 5.41 Å². The van der Waals surface area contributed by atoms with Crippen LogP contribution in [0.2, 0.25) is 0 Å². The zero-order chi connectivity index (χ0) is 30.3. The molecule has 216 valence electrons. The van der Waals surface area contributed by atoms with Crippen molar-refractivity contribution in [2.45, 2.75) is 77.2 Å². The molecule has 0 aliphatic carbocycles. The number of imidazole rings is 1. The van der Waals surface area contributed by atoms with Crippen molar-refractivity contribution in [3.8, 4) is 0 Å². The smallest absolute Gasteiger partial charge is 0.416 e. The van der Waals surface area contributed by atoms with Crippen LogP contribution in [-0.4, -0.2) is 20.7 Å². The fourth-order valence-corrected chi connectivity index (χ4v) is 5.78. The number of hydrogen-bond donors (Lipinski definition) is 2. The van der Waals surface area contributed by atoms with E-state index in [-0.39, 0.29) is 17.2 Å². The highest BCUT2D eigenvalue weighted by Crippen LogP contribution is 2.61. The quantitative estimate of drug-likeness (QED) is 0.318. The van der Waals surface area contributed by atoms with E-state index in [1.807, 2.05) is 0 Å². The first-order chi connectivity index (χ1) is 18.1. The molecule has 0 bridgehead atoms. The molecule has 0 saturated heterocycles. The molecule has 1 aliphatic heterocycles. The lowest BCUT2D eigenvalue weighted by molar-refractivity contribution is -0.140. The summed E-state index contributed by atoms with van der Waals surface area (Å²) in [6.07, 6.45) is -9.86. The molecule has 3 aromatic rings. The van der Waals surface area contributed by atoms with E-state index in [1.165, 1.54) is 24.3 Å². The number of carboxylic acid groups (broad SMARTS) is 1. The Balaban J connectivity index is 2.30. The van der Waals surface area contributed by atoms with Gasteiger partial charge in [0.05, 0.1) is 16.8 Å². The normalized spacial score (nSPS) is 18.1. The van der Waals surface area contributed by atoms with Crippen LogP contribution in [0.25, 0.3) is 0 Å². The van der Waals surface area contributed by atoms with Gasteiger partial charge in [-0.3, -0.25) is 0 Å². The van der Waals surface area contributed by atoms with Crippen LogP contribution in [0.4, 0.5) is 26.3 Å². The lowest BCUT2D eigenvalue weighted by Gasteiger charge is -2.60. The van der Waals surface area contributed by atoms with Crippen LogP contribution in [0.1, 0.15) is 92.7 Å². The summed E-state index contributed by atoms with van der Waals surface area (Å²) in [5.74, 6) is -1.24. The standard InChI is InChI=1S/C29H31F6N3O2/c1-24(2,3)21-20(22(39)40)38-23(36-21)25(4,5)26(6,7)27(37-38,16-12-8-10-14-18(16)28(30,31)32)17-13-9-11-15-19(17)29(33,34)35/h8-15,37H,1-7H3,(H,39,40). The van der Waals surface area contributed by atoms with E-state index in [2.05, 4.69) is 10.4 Å². The summed E-state index contributed by atoms with van der Waals surface area (Å²) in [6, 6.07) is 8.92. The number of aromatic carboxylic acids is 1. The Morgan fingerprint density at radius 2 is 1.25 bits per heavy atom. The third-order valence-electron chi connectivity index (χ3n) is 8.40. The Morgan fingerprint density at radius 3 is 1.62 bits per heavy atom. The fraction of sp³-hybridized carbons (Fsp3) is 0.448. The summed E-state index contributed by atoms with van der Waals surface area (Å²) >= 11 is 0. The highest BCUT2D eigenvalue weighted by Gasteiger charge is 2.64. The predicted octanol–water partition coefficient (Wildman–Crippen LogP) is 7.72. The number of hydrogen-bond acceptors (Lipinski definition) is 3. The summed E-state index contributed by atoms with van der Waals surface area (Å²) in [4.78, 5) is 17.3. The van der Waals surface area contributed by atoms with E-state index in [0.717, 1.165) is 28.9 Å². The van der Waals surface area contributed by atoms with Crippen LogP contribution >= 0.6 is 0 Å². The zero-order valence-electron chi connectivity index (χ0n) is 23.1. The van der Waals surface area contributed by atoms with E-state index >= 15 is 0 Å². The topological polar surface area (TPSA) is 67.2 Å². The van der Waals surface area contributed by atoms with E-state index in [9.17, 15) is 36.2 Å². The number of carbonyl (C=O) groups is 1. The highest BCUT2D eigenvalue weighted by atomic mass is 19.4. The van der Waals surface area contributed by atoms with Gasteiger partial charge in [-0.15, -0.1) is 0 Å². The first kappa shape index (κ1) is 29.5. The van der Waals surface area contributed by atoms with Crippen molar-refractivity contribution < 1.29 is 36.2 Å². The molecule has 0 spiro atoms. The van der Waals surface area contributed by atoms with E-state index in [0.29, 0.717) is 0 Å².